The molecule has 14 atom stereocenters. The summed E-state index contributed by atoms with van der Waals surface area (Å²) in [7, 11) is 0. The maximum Gasteiger partial charge on any atom is 0.184 e. The molecule has 11 heteroatoms. The normalized spacial score (nSPS) is 53.3. The SMILES string of the molecule is C[C@@H]1C[C@H]2[C@@H]3C[C@H](F)C4=CC(=O)C(C5O[C@H](CO)[C@@H](O)[C@H](O)[C@H]5O)=C[C@]4(C)[C@@]3(F)[C@@H](O)C[C@@]2(C)[C@H]1C(=O)CO. The number of hydrogen-bond donors (Lipinski definition) is 6. The summed E-state index contributed by atoms with van der Waals surface area (Å²) in [4.78, 5) is 25.9. The Bertz CT molecular complexity index is 1110. The van der Waals surface area contributed by atoms with Crippen LogP contribution in [0.2, 0.25) is 0 Å². The lowest BCUT2D eigenvalue weighted by Gasteiger charge is -2.62. The highest BCUT2D eigenvalue weighted by atomic mass is 19.1. The predicted molar refractivity (Wildman–Crippen MR) is 131 cm³/mol. The molecule has 3 saturated carbocycles. The molecule has 4 aliphatic carbocycles. The van der Waals surface area contributed by atoms with Crippen LogP contribution in [-0.4, -0.2) is 104 Å². The van der Waals surface area contributed by atoms with Crippen molar-refractivity contribution in [3.05, 3.63) is 23.3 Å². The predicted octanol–water partition coefficient (Wildman–Crippen LogP) is -0.0586. The highest BCUT2D eigenvalue weighted by Crippen LogP contribution is 2.70. The number of hydrogen-bond acceptors (Lipinski definition) is 9. The van der Waals surface area contributed by atoms with Gasteiger partial charge in [0.2, 0.25) is 0 Å². The molecule has 0 spiro atoms. The maximum atomic E-state index is 17.7. The zero-order valence-electron chi connectivity index (χ0n) is 22.2. The van der Waals surface area contributed by atoms with Crippen molar-refractivity contribution in [2.24, 2.45) is 34.5 Å². The van der Waals surface area contributed by atoms with Gasteiger partial charge >= 0.3 is 0 Å². The molecule has 9 nitrogen and oxygen atoms in total. The van der Waals surface area contributed by atoms with Gasteiger partial charge in [-0.3, -0.25) is 9.59 Å². The van der Waals surface area contributed by atoms with Crippen LogP contribution in [0.25, 0.3) is 0 Å². The van der Waals surface area contributed by atoms with Gasteiger partial charge in [-0.2, -0.15) is 0 Å². The lowest BCUT2D eigenvalue weighted by atomic mass is 9.44. The second-order valence-electron chi connectivity index (χ2n) is 12.7. The highest BCUT2D eigenvalue weighted by molar-refractivity contribution is 6.07. The van der Waals surface area contributed by atoms with Crippen molar-refractivity contribution < 1.29 is 53.7 Å². The van der Waals surface area contributed by atoms with Crippen molar-refractivity contribution in [3.8, 4) is 0 Å². The largest absolute Gasteiger partial charge is 0.394 e. The molecule has 4 fully saturated rings. The number of ether oxygens (including phenoxy) is 1. The van der Waals surface area contributed by atoms with Crippen LogP contribution in [0.1, 0.15) is 40.0 Å². The number of Topliss-reactive ketones (excluding diaryl/α,β-unsaturated/α-hetero) is 1. The van der Waals surface area contributed by atoms with Crippen molar-refractivity contribution in [3.63, 3.8) is 0 Å². The number of allylic oxidation sites excluding steroid dienone is 3. The first-order valence-corrected chi connectivity index (χ1v) is 13.6. The summed E-state index contributed by atoms with van der Waals surface area (Å²) in [6, 6.07) is 0. The van der Waals surface area contributed by atoms with Gasteiger partial charge in [-0.25, -0.2) is 8.78 Å². The minimum atomic E-state index is -2.46. The van der Waals surface area contributed by atoms with Crippen LogP contribution < -0.4 is 0 Å². The van der Waals surface area contributed by atoms with Gasteiger partial charge in [0.15, 0.2) is 17.2 Å². The van der Waals surface area contributed by atoms with E-state index in [1.807, 2.05) is 6.92 Å². The Morgan fingerprint density at radius 1 is 1.08 bits per heavy atom. The number of fused-ring (bicyclic) bond motifs is 5. The number of ketones is 2. The molecule has 0 amide bonds. The van der Waals surface area contributed by atoms with Crippen LogP contribution in [0.4, 0.5) is 8.78 Å². The van der Waals surface area contributed by atoms with E-state index in [0.717, 1.165) is 6.08 Å². The van der Waals surface area contributed by atoms with Crippen molar-refractivity contribution in [1.82, 2.24) is 0 Å². The Morgan fingerprint density at radius 3 is 2.36 bits per heavy atom. The minimum Gasteiger partial charge on any atom is -0.394 e. The van der Waals surface area contributed by atoms with Crippen LogP contribution in [0.15, 0.2) is 23.3 Å². The van der Waals surface area contributed by atoms with E-state index in [-0.39, 0.29) is 29.9 Å². The topological polar surface area (TPSA) is 165 Å². The number of rotatable bonds is 4. The summed E-state index contributed by atoms with van der Waals surface area (Å²) < 4.78 is 39.2. The monoisotopic (exact) mass is 556 g/mol. The molecule has 1 saturated heterocycles. The number of carbonyl (C=O) groups is 2. The third kappa shape index (κ3) is 3.73. The molecule has 218 valence electrons. The van der Waals surface area contributed by atoms with Gasteiger partial charge in [0.25, 0.3) is 0 Å². The van der Waals surface area contributed by atoms with Crippen LogP contribution in [0, 0.1) is 34.5 Å². The number of aliphatic hydroxyl groups excluding tert-OH is 6. The van der Waals surface area contributed by atoms with Crippen molar-refractivity contribution >= 4 is 11.6 Å². The first-order chi connectivity index (χ1) is 18.2. The molecule has 1 aliphatic heterocycles. The number of carbonyl (C=O) groups excluding carboxylic acids is 2. The second-order valence-corrected chi connectivity index (χ2v) is 12.7. The first-order valence-electron chi connectivity index (χ1n) is 13.6. The Balaban J connectivity index is 1.60. The van der Waals surface area contributed by atoms with Gasteiger partial charge in [-0.05, 0) is 55.1 Å². The molecule has 5 aliphatic rings. The lowest BCUT2D eigenvalue weighted by molar-refractivity contribution is -0.221. The van der Waals surface area contributed by atoms with E-state index >= 15 is 8.78 Å². The van der Waals surface area contributed by atoms with E-state index in [1.165, 1.54) is 13.0 Å². The van der Waals surface area contributed by atoms with Crippen LogP contribution in [0.5, 0.6) is 0 Å². The first kappa shape index (κ1) is 28.9. The van der Waals surface area contributed by atoms with Crippen LogP contribution in [0.3, 0.4) is 0 Å². The van der Waals surface area contributed by atoms with Gasteiger partial charge in [-0.15, -0.1) is 0 Å². The Kier molecular flexibility index (Phi) is 7.02. The summed E-state index contributed by atoms with van der Waals surface area (Å²) in [6.45, 7) is 3.63. The van der Waals surface area contributed by atoms with E-state index in [9.17, 15) is 40.2 Å². The average molecular weight is 557 g/mol. The number of halogens is 2. The van der Waals surface area contributed by atoms with Crippen molar-refractivity contribution in [2.75, 3.05) is 13.2 Å². The highest BCUT2D eigenvalue weighted by Gasteiger charge is 2.73. The minimum absolute atomic E-state index is 0.109. The lowest BCUT2D eigenvalue weighted by Crippen LogP contribution is -2.68. The standard InChI is InChI=1S/C28H38F2O9/c1-11-4-13-14-5-16(29)15-6-17(33)12(25-24(38)23(37)22(36)19(10-32)39-25)7-27(15,3)28(14,30)20(35)8-26(13,2)21(11)18(34)9-31/h6-7,11,13-14,16,19-25,31-32,35-38H,4-5,8-10H2,1-3H3/t11-,13+,14+,16+,19-,20+,21-,22-,23+,24-,25?,26-,27+,28+/m1/s1. The van der Waals surface area contributed by atoms with Gasteiger partial charge < -0.3 is 35.4 Å². The Labute approximate surface area is 225 Å². The molecule has 0 aromatic heterocycles. The van der Waals surface area contributed by atoms with E-state index in [2.05, 4.69) is 0 Å². The molecular weight excluding hydrogens is 518 g/mol. The zero-order chi connectivity index (χ0) is 28.8. The van der Waals surface area contributed by atoms with Crippen molar-refractivity contribution in [2.45, 2.75) is 88.5 Å². The fourth-order valence-electron chi connectivity index (χ4n) is 9.06. The molecule has 0 aromatic carbocycles. The third-order valence-corrected chi connectivity index (χ3v) is 10.8. The fourth-order valence-corrected chi connectivity index (χ4v) is 9.06. The number of aliphatic hydroxyl groups is 6. The molecular formula is C28H38F2O9. The quantitative estimate of drug-likeness (QED) is 0.278. The average Bonchev–Trinajstić information content (AvgIpc) is 3.14. The zero-order valence-corrected chi connectivity index (χ0v) is 22.2. The van der Waals surface area contributed by atoms with Gasteiger partial charge in [-0.1, -0.05) is 19.9 Å². The molecule has 5 rings (SSSR count). The molecule has 6 N–H and O–H groups in total. The molecule has 39 heavy (non-hydrogen) atoms. The van der Waals surface area contributed by atoms with Crippen LogP contribution in [-0.2, 0) is 14.3 Å². The van der Waals surface area contributed by atoms with Gasteiger partial charge in [0.05, 0.1) is 12.7 Å². The van der Waals surface area contributed by atoms with E-state index in [1.54, 1.807) is 6.92 Å². The summed E-state index contributed by atoms with van der Waals surface area (Å²) in [5.74, 6) is -3.51. The van der Waals surface area contributed by atoms with Gasteiger partial charge in [0.1, 0.15) is 43.3 Å². The molecule has 1 heterocycles. The Hall–Kier alpha value is -1.60. The molecule has 0 radical (unpaired) electrons. The summed E-state index contributed by atoms with van der Waals surface area (Å²) in [5, 5.41) is 61.8. The summed E-state index contributed by atoms with van der Waals surface area (Å²) in [5.41, 5.74) is -5.58. The Morgan fingerprint density at radius 2 is 1.74 bits per heavy atom. The van der Waals surface area contributed by atoms with E-state index in [4.69, 9.17) is 4.74 Å². The summed E-state index contributed by atoms with van der Waals surface area (Å²) in [6.07, 6.45) is -9.33. The molecule has 0 bridgehead atoms. The van der Waals surface area contributed by atoms with E-state index < -0.39 is 102 Å². The van der Waals surface area contributed by atoms with Gasteiger partial charge in [0, 0.05) is 22.8 Å². The second kappa shape index (κ2) is 9.47. The van der Waals surface area contributed by atoms with Crippen LogP contribution >= 0.6 is 0 Å². The molecule has 1 unspecified atom stereocenters. The smallest absolute Gasteiger partial charge is 0.184 e. The number of alkyl halides is 2. The molecule has 0 aromatic rings. The third-order valence-electron chi connectivity index (χ3n) is 10.8. The van der Waals surface area contributed by atoms with Crippen molar-refractivity contribution in [1.29, 1.82) is 0 Å². The fraction of sp³-hybridized carbons (Fsp3) is 0.786. The van der Waals surface area contributed by atoms with E-state index in [0.29, 0.717) is 6.42 Å². The summed E-state index contributed by atoms with van der Waals surface area (Å²) >= 11 is 0. The maximum absolute atomic E-state index is 17.7.